The largest absolute Gasteiger partial charge is 0.360 e. The Morgan fingerprint density at radius 3 is 2.67 bits per heavy atom. The van der Waals surface area contributed by atoms with Gasteiger partial charge in [0.05, 0.1) is 0 Å². The normalized spacial score (nSPS) is 10.9. The summed E-state index contributed by atoms with van der Waals surface area (Å²) in [6, 6.07) is 9.82. The van der Waals surface area contributed by atoms with Gasteiger partial charge in [0.15, 0.2) is 5.16 Å². The van der Waals surface area contributed by atoms with E-state index in [4.69, 9.17) is 9.97 Å². The fraction of sp³-hybridized carbons (Fsp3) is 0.476. The van der Waals surface area contributed by atoms with Crippen LogP contribution in [0.15, 0.2) is 35.5 Å². The SMILES string of the molecule is CCCN(C)c1cc(C(C)C)nc(SCc2cccc(C(=O)NCC)c2)n1. The highest BCUT2D eigenvalue weighted by atomic mass is 32.2. The molecule has 2 rings (SSSR count). The average molecular weight is 387 g/mol. The van der Waals surface area contributed by atoms with Gasteiger partial charge in [-0.1, -0.05) is 44.7 Å². The molecule has 5 nitrogen and oxygen atoms in total. The van der Waals surface area contributed by atoms with Gasteiger partial charge in [-0.15, -0.1) is 0 Å². The highest BCUT2D eigenvalue weighted by Crippen LogP contribution is 2.25. The number of aromatic nitrogens is 2. The summed E-state index contributed by atoms with van der Waals surface area (Å²) in [5.74, 6) is 2.01. The molecule has 1 aromatic heterocycles. The van der Waals surface area contributed by atoms with Crippen LogP contribution in [0, 0.1) is 0 Å². The summed E-state index contributed by atoms with van der Waals surface area (Å²) in [6.45, 7) is 9.98. The maximum Gasteiger partial charge on any atom is 0.251 e. The van der Waals surface area contributed by atoms with Crippen LogP contribution in [-0.2, 0) is 5.75 Å². The highest BCUT2D eigenvalue weighted by Gasteiger charge is 2.12. The summed E-state index contributed by atoms with van der Waals surface area (Å²) in [5.41, 5.74) is 2.84. The van der Waals surface area contributed by atoms with Crippen molar-refractivity contribution < 1.29 is 4.79 Å². The van der Waals surface area contributed by atoms with Crippen LogP contribution in [0.1, 0.15) is 61.6 Å². The van der Waals surface area contributed by atoms with Gasteiger partial charge in [0.1, 0.15) is 5.82 Å². The van der Waals surface area contributed by atoms with E-state index in [1.807, 2.05) is 31.2 Å². The lowest BCUT2D eigenvalue weighted by atomic mass is 10.1. The van der Waals surface area contributed by atoms with Crippen molar-refractivity contribution in [1.29, 1.82) is 0 Å². The van der Waals surface area contributed by atoms with Gasteiger partial charge in [-0.05, 0) is 37.0 Å². The molecule has 0 aliphatic carbocycles. The predicted octanol–water partition coefficient (Wildman–Crippen LogP) is 4.49. The van der Waals surface area contributed by atoms with Gasteiger partial charge in [0.2, 0.25) is 0 Å². The molecule has 0 aliphatic rings. The molecule has 0 atom stereocenters. The molecule has 0 fully saturated rings. The zero-order valence-corrected chi connectivity index (χ0v) is 17.8. The van der Waals surface area contributed by atoms with E-state index in [9.17, 15) is 4.79 Å². The van der Waals surface area contributed by atoms with Gasteiger partial charge in [-0.25, -0.2) is 9.97 Å². The molecule has 27 heavy (non-hydrogen) atoms. The molecule has 6 heteroatoms. The Balaban J connectivity index is 2.17. The minimum atomic E-state index is -0.0362. The van der Waals surface area contributed by atoms with Crippen LogP contribution in [0.25, 0.3) is 0 Å². The molecular formula is C21H30N4OS. The van der Waals surface area contributed by atoms with Gasteiger partial charge in [-0.2, -0.15) is 0 Å². The fourth-order valence-electron chi connectivity index (χ4n) is 2.65. The Kier molecular flexibility index (Phi) is 8.10. The Morgan fingerprint density at radius 2 is 2.00 bits per heavy atom. The molecule has 0 saturated heterocycles. The lowest BCUT2D eigenvalue weighted by Crippen LogP contribution is -2.22. The summed E-state index contributed by atoms with van der Waals surface area (Å²) >= 11 is 1.61. The van der Waals surface area contributed by atoms with Crippen LogP contribution in [-0.4, -0.2) is 36.0 Å². The fourth-order valence-corrected chi connectivity index (χ4v) is 3.45. The molecular weight excluding hydrogens is 356 g/mol. The maximum absolute atomic E-state index is 12.0. The van der Waals surface area contributed by atoms with Crippen molar-refractivity contribution in [3.8, 4) is 0 Å². The minimum absolute atomic E-state index is 0.0362. The first kappa shape index (κ1) is 21.2. The third kappa shape index (κ3) is 6.24. The van der Waals surface area contributed by atoms with Crippen LogP contribution >= 0.6 is 11.8 Å². The van der Waals surface area contributed by atoms with Gasteiger partial charge in [0, 0.05) is 43.2 Å². The summed E-state index contributed by atoms with van der Waals surface area (Å²) in [5, 5.41) is 3.62. The van der Waals surface area contributed by atoms with E-state index in [1.54, 1.807) is 11.8 Å². The van der Waals surface area contributed by atoms with Crippen LogP contribution in [0.3, 0.4) is 0 Å². The van der Waals surface area contributed by atoms with Crippen molar-refractivity contribution in [2.24, 2.45) is 0 Å². The number of nitrogens with one attached hydrogen (secondary N) is 1. The van der Waals surface area contributed by atoms with Crippen LogP contribution < -0.4 is 10.2 Å². The number of benzene rings is 1. The first-order valence-corrected chi connectivity index (χ1v) is 10.5. The molecule has 1 amide bonds. The van der Waals surface area contributed by atoms with E-state index in [1.165, 1.54) is 0 Å². The molecule has 0 radical (unpaired) electrons. The lowest BCUT2D eigenvalue weighted by molar-refractivity contribution is 0.0955. The molecule has 0 spiro atoms. The number of hydrogen-bond donors (Lipinski definition) is 1. The van der Waals surface area contributed by atoms with Crippen molar-refractivity contribution in [2.45, 2.75) is 50.9 Å². The number of anilines is 1. The Bertz CT molecular complexity index is 764. The zero-order valence-electron chi connectivity index (χ0n) is 17.0. The lowest BCUT2D eigenvalue weighted by Gasteiger charge is -2.19. The standard InChI is InChI=1S/C21H30N4OS/c1-6-11-25(5)19-13-18(15(3)4)23-21(24-19)27-14-16-9-8-10-17(12-16)20(26)22-7-2/h8-10,12-13,15H,6-7,11,14H2,1-5H3,(H,22,26). The summed E-state index contributed by atoms with van der Waals surface area (Å²) in [4.78, 5) is 23.7. The summed E-state index contributed by atoms with van der Waals surface area (Å²) < 4.78 is 0. The smallest absolute Gasteiger partial charge is 0.251 e. The van der Waals surface area contributed by atoms with E-state index < -0.39 is 0 Å². The van der Waals surface area contributed by atoms with Gasteiger partial charge < -0.3 is 10.2 Å². The van der Waals surface area contributed by atoms with Crippen molar-refractivity contribution in [3.05, 3.63) is 47.2 Å². The quantitative estimate of drug-likeness (QED) is 0.508. The molecule has 0 aliphatic heterocycles. The minimum Gasteiger partial charge on any atom is -0.360 e. The van der Waals surface area contributed by atoms with Gasteiger partial charge >= 0.3 is 0 Å². The number of hydrogen-bond acceptors (Lipinski definition) is 5. The summed E-state index contributed by atoms with van der Waals surface area (Å²) in [7, 11) is 2.07. The van der Waals surface area contributed by atoms with Crippen LogP contribution in [0.4, 0.5) is 5.82 Å². The number of nitrogens with zero attached hydrogens (tertiary/aromatic N) is 3. The van der Waals surface area contributed by atoms with Crippen LogP contribution in [0.5, 0.6) is 0 Å². The number of thioether (sulfide) groups is 1. The predicted molar refractivity (Wildman–Crippen MR) is 114 cm³/mol. The molecule has 1 aromatic carbocycles. The van der Waals surface area contributed by atoms with Gasteiger partial charge in [0.25, 0.3) is 5.91 Å². The molecule has 1 N–H and O–H groups in total. The number of carbonyl (C=O) groups excluding carboxylic acids is 1. The molecule has 0 bridgehead atoms. The van der Waals surface area contributed by atoms with Crippen molar-refractivity contribution in [2.75, 3.05) is 25.0 Å². The van der Waals surface area contributed by atoms with Gasteiger partial charge in [-0.3, -0.25) is 4.79 Å². The van der Waals surface area contributed by atoms with Crippen LogP contribution in [0.2, 0.25) is 0 Å². The second-order valence-corrected chi connectivity index (χ2v) is 7.80. The first-order chi connectivity index (χ1) is 12.9. The van der Waals surface area contributed by atoms with Crippen molar-refractivity contribution in [1.82, 2.24) is 15.3 Å². The third-order valence-corrected chi connectivity index (χ3v) is 5.07. The second-order valence-electron chi connectivity index (χ2n) is 6.86. The Morgan fingerprint density at radius 1 is 1.22 bits per heavy atom. The second kappa shape index (κ2) is 10.3. The average Bonchev–Trinajstić information content (AvgIpc) is 2.66. The molecule has 2 aromatic rings. The number of amides is 1. The zero-order chi connectivity index (χ0) is 19.8. The summed E-state index contributed by atoms with van der Waals surface area (Å²) in [6.07, 6.45) is 1.08. The topological polar surface area (TPSA) is 58.1 Å². The van der Waals surface area contributed by atoms with E-state index in [-0.39, 0.29) is 5.91 Å². The highest BCUT2D eigenvalue weighted by molar-refractivity contribution is 7.98. The molecule has 1 heterocycles. The Hall–Kier alpha value is -2.08. The number of rotatable bonds is 9. The maximum atomic E-state index is 12.0. The molecule has 0 unspecified atom stereocenters. The first-order valence-electron chi connectivity index (χ1n) is 9.54. The molecule has 0 saturated carbocycles. The van der Waals surface area contributed by atoms with Crippen molar-refractivity contribution >= 4 is 23.5 Å². The monoisotopic (exact) mass is 386 g/mol. The molecule has 146 valence electrons. The Labute approximate surface area is 167 Å². The van der Waals surface area contributed by atoms with E-state index in [0.29, 0.717) is 18.0 Å². The number of carbonyl (C=O) groups is 1. The van der Waals surface area contributed by atoms with E-state index >= 15 is 0 Å². The van der Waals surface area contributed by atoms with Crippen molar-refractivity contribution in [3.63, 3.8) is 0 Å². The van der Waals surface area contributed by atoms with E-state index in [0.717, 1.165) is 41.0 Å². The third-order valence-electron chi connectivity index (χ3n) is 4.15. The van der Waals surface area contributed by atoms with E-state index in [2.05, 4.69) is 44.1 Å².